The van der Waals surface area contributed by atoms with Crippen LogP contribution in [0.15, 0.2) is 334 Å². The molecule has 0 saturated heterocycles. The van der Waals surface area contributed by atoms with E-state index in [1.54, 1.807) is 0 Å². The molecule has 5 heteroatoms. The predicted molar refractivity (Wildman–Crippen MR) is 449 cm³/mol. The number of aromatic nitrogens is 5. The lowest BCUT2D eigenvalue weighted by Crippen LogP contribution is -2.31. The van der Waals surface area contributed by atoms with E-state index < -0.39 is 0 Å². The predicted octanol–water partition coefficient (Wildman–Crippen LogP) is 23.1. The summed E-state index contributed by atoms with van der Waals surface area (Å²) in [6.45, 7) is 24.0. The zero-order chi connectivity index (χ0) is 75.7. The number of pyridine rings is 5. The lowest BCUT2D eigenvalue weighted by molar-refractivity contribution is -0.660. The zero-order valence-electron chi connectivity index (χ0n) is 65.6. The first kappa shape index (κ1) is 76.1. The molecule has 0 unspecified atom stereocenters. The maximum atomic E-state index is 2.32. The highest BCUT2D eigenvalue weighted by Crippen LogP contribution is 2.34. The Morgan fingerprint density at radius 1 is 0.196 bits per heavy atom. The van der Waals surface area contributed by atoms with Gasteiger partial charge in [-0.3, -0.25) is 0 Å². The molecule has 0 fully saturated rings. The summed E-state index contributed by atoms with van der Waals surface area (Å²) in [4.78, 5) is 0. The molecular formula is C102H104N5+5. The molecule has 10 aromatic carbocycles. The molecule has 0 bridgehead atoms. The monoisotopic (exact) mass is 1400 g/mol. The van der Waals surface area contributed by atoms with E-state index in [0.29, 0.717) is 5.92 Å². The van der Waals surface area contributed by atoms with Crippen molar-refractivity contribution in [2.75, 3.05) is 0 Å². The Labute approximate surface area is 638 Å². The summed E-state index contributed by atoms with van der Waals surface area (Å²) in [6, 6.07) is 108. The quantitative estimate of drug-likeness (QED) is 0.115. The van der Waals surface area contributed by atoms with Gasteiger partial charge in [-0.25, -0.2) is 22.8 Å². The van der Waals surface area contributed by atoms with E-state index in [4.69, 9.17) is 0 Å². The summed E-state index contributed by atoms with van der Waals surface area (Å²) in [5.74, 6) is 0.535. The van der Waals surface area contributed by atoms with Crippen LogP contribution in [0.2, 0.25) is 0 Å². The number of aryl methyl sites for hydroxylation is 14. The van der Waals surface area contributed by atoms with Gasteiger partial charge in [-0.2, -0.15) is 0 Å². The fourth-order valence-corrected chi connectivity index (χ4v) is 13.7. The number of hydrogen-bond donors (Lipinski definition) is 0. The highest BCUT2D eigenvalue weighted by molar-refractivity contribution is 5.78. The van der Waals surface area contributed by atoms with Crippen LogP contribution in [0.3, 0.4) is 0 Å². The second-order valence-electron chi connectivity index (χ2n) is 28.8. The van der Waals surface area contributed by atoms with E-state index in [9.17, 15) is 0 Å². The summed E-state index contributed by atoms with van der Waals surface area (Å²) < 4.78 is 11.0. The molecular weight excluding hydrogens is 1300 g/mol. The smallest absolute Gasteiger partial charge is 0.201 e. The Morgan fingerprint density at radius 2 is 0.505 bits per heavy atom. The molecule has 0 N–H and O–H groups in total. The highest BCUT2D eigenvalue weighted by Gasteiger charge is 2.20. The van der Waals surface area contributed by atoms with Gasteiger partial charge >= 0.3 is 0 Å². The third-order valence-corrected chi connectivity index (χ3v) is 20.3. The van der Waals surface area contributed by atoms with E-state index in [-0.39, 0.29) is 0 Å². The van der Waals surface area contributed by atoms with Crippen LogP contribution < -0.4 is 22.8 Å². The minimum absolute atomic E-state index is 0.535. The van der Waals surface area contributed by atoms with E-state index in [2.05, 4.69) is 469 Å². The average Bonchev–Trinajstić information content (AvgIpc) is 0.798. The molecule has 0 atom stereocenters. The van der Waals surface area contributed by atoms with E-state index in [0.717, 1.165) is 0 Å². The lowest BCUT2D eigenvalue weighted by atomic mass is 9.95. The average molecular weight is 1400 g/mol. The van der Waals surface area contributed by atoms with Gasteiger partial charge in [-0.15, -0.1) is 0 Å². The highest BCUT2D eigenvalue weighted by atomic mass is 14.9. The Balaban J connectivity index is 0.000000133. The standard InChI is InChI=1S/C22H24N.C21H22N.2C20H20N.C19H18N/c1-16(2)19-12-13-23(4)22(15-19)21-14-20(11-10-17(21)3)18-8-6-5-7-9-18;1-15-10-11-19(18-8-6-5-7-9-18)13-20(15)21-12-16(2)17(3)14-22(21)4;1-15-9-12-20(21(3)14-15)19-13-18(11-10-16(19)2)17-7-5-4-6-8-17;1-15-11-12-21(3)20(13-15)19-14-18(10-9-16(19)2)17-7-5-4-6-8-17;1-15-11-12-17(16-8-4-3-5-9-16)14-18(15)19-10-6-7-13-20(19)2/h5-16H,1-4H3;5-14H,1-4H3;2*4-14H,1-3H3;3-14H,1-2H3/q5*+1. The molecule has 5 aromatic heterocycles. The van der Waals surface area contributed by atoms with Crippen LogP contribution >= 0.6 is 0 Å². The first-order valence-electron chi connectivity index (χ1n) is 37.3. The van der Waals surface area contributed by atoms with Crippen molar-refractivity contribution in [1.82, 2.24) is 0 Å². The molecule has 0 aliphatic rings. The van der Waals surface area contributed by atoms with Gasteiger partial charge in [0.2, 0.25) is 28.5 Å². The van der Waals surface area contributed by atoms with Gasteiger partial charge in [-0.1, -0.05) is 226 Å². The van der Waals surface area contributed by atoms with Gasteiger partial charge in [0.1, 0.15) is 35.2 Å². The van der Waals surface area contributed by atoms with Crippen molar-refractivity contribution in [2.45, 2.75) is 82.1 Å². The van der Waals surface area contributed by atoms with E-state index in [1.165, 1.54) is 168 Å². The fourth-order valence-electron chi connectivity index (χ4n) is 13.7. The van der Waals surface area contributed by atoms with Gasteiger partial charge in [0.25, 0.3) is 0 Å². The van der Waals surface area contributed by atoms with Gasteiger partial charge in [0.05, 0.1) is 0 Å². The topological polar surface area (TPSA) is 19.4 Å². The van der Waals surface area contributed by atoms with Gasteiger partial charge < -0.3 is 0 Å². The van der Waals surface area contributed by atoms with Crippen LogP contribution in [0.25, 0.3) is 112 Å². The van der Waals surface area contributed by atoms with Gasteiger partial charge in [0, 0.05) is 87.5 Å². The van der Waals surface area contributed by atoms with Crippen LogP contribution in [0, 0.1) is 62.3 Å². The van der Waals surface area contributed by atoms with Crippen molar-refractivity contribution in [3.63, 3.8) is 0 Å². The second-order valence-corrected chi connectivity index (χ2v) is 28.8. The Morgan fingerprint density at radius 3 is 0.860 bits per heavy atom. The number of hydrogen-bond acceptors (Lipinski definition) is 0. The van der Waals surface area contributed by atoms with E-state index in [1.807, 2.05) is 0 Å². The summed E-state index contributed by atoms with van der Waals surface area (Å²) in [5.41, 5.74) is 38.4. The molecule has 0 amide bonds. The third-order valence-electron chi connectivity index (χ3n) is 20.3. The normalized spacial score (nSPS) is 10.7. The van der Waals surface area contributed by atoms with Crippen LogP contribution in [-0.2, 0) is 35.2 Å². The minimum atomic E-state index is 0.535. The van der Waals surface area contributed by atoms with Crippen LogP contribution in [0.4, 0.5) is 0 Å². The number of nitrogens with zero attached hydrogens (tertiary/aromatic N) is 5. The van der Waals surface area contributed by atoms with Crippen molar-refractivity contribution in [1.29, 1.82) is 0 Å². The summed E-state index contributed by atoms with van der Waals surface area (Å²) >= 11 is 0. The maximum Gasteiger partial charge on any atom is 0.212 e. The van der Waals surface area contributed by atoms with Crippen LogP contribution in [-0.4, -0.2) is 0 Å². The van der Waals surface area contributed by atoms with Crippen molar-refractivity contribution in [3.8, 4) is 112 Å². The van der Waals surface area contributed by atoms with Crippen LogP contribution in [0.1, 0.15) is 75.4 Å². The first-order chi connectivity index (χ1) is 51.7. The Hall–Kier alpha value is -12.1. The molecule has 0 aliphatic heterocycles. The SMILES string of the molecule is Cc1cc(-c2cc(-c3ccccc3)ccc2C)[n+](C)cc1C.Cc1cc[n+](C)c(-c2cc(-c3ccccc3)ccc2C)c1.Cc1ccc(-c2cc(-c3ccccc3)ccc2C)[n+](C)c1.Cc1ccc(-c2ccccc2)cc1-c1cc(C(C)C)cc[n+]1C.Cc1ccc(-c2ccccc2)cc1-c1cccc[n+]1C. The number of benzene rings is 10. The largest absolute Gasteiger partial charge is 0.212 e. The maximum absolute atomic E-state index is 2.32. The van der Waals surface area contributed by atoms with Crippen molar-refractivity contribution in [2.24, 2.45) is 35.2 Å². The van der Waals surface area contributed by atoms with Gasteiger partial charge in [-0.05, 0) is 211 Å². The molecule has 0 spiro atoms. The molecule has 15 aromatic rings. The molecule has 5 nitrogen and oxygen atoms in total. The summed E-state index contributed by atoms with van der Waals surface area (Å²) in [5, 5.41) is 0. The molecule has 107 heavy (non-hydrogen) atoms. The summed E-state index contributed by atoms with van der Waals surface area (Å²) in [7, 11) is 10.5. The molecule has 532 valence electrons. The van der Waals surface area contributed by atoms with E-state index >= 15 is 0 Å². The minimum Gasteiger partial charge on any atom is -0.201 e. The second kappa shape index (κ2) is 35.6. The fraction of sp³-hybridized carbons (Fsp3) is 0.167. The Kier molecular flexibility index (Phi) is 25.3. The number of rotatable bonds is 11. The molecule has 0 saturated carbocycles. The van der Waals surface area contributed by atoms with Gasteiger partial charge in [0.15, 0.2) is 31.0 Å². The van der Waals surface area contributed by atoms with Crippen molar-refractivity contribution < 1.29 is 22.8 Å². The van der Waals surface area contributed by atoms with Crippen molar-refractivity contribution in [3.05, 3.63) is 390 Å². The van der Waals surface area contributed by atoms with Crippen LogP contribution in [0.5, 0.6) is 0 Å². The molecule has 0 aliphatic carbocycles. The first-order valence-corrected chi connectivity index (χ1v) is 37.3. The summed E-state index contributed by atoms with van der Waals surface area (Å²) in [6.07, 6.45) is 10.8. The molecule has 0 radical (unpaired) electrons. The zero-order valence-corrected chi connectivity index (χ0v) is 65.6. The van der Waals surface area contributed by atoms with Crippen molar-refractivity contribution >= 4 is 0 Å². The third kappa shape index (κ3) is 19.3. The molecule has 5 heterocycles. The lowest BCUT2D eigenvalue weighted by Gasteiger charge is -2.11. The molecule has 15 rings (SSSR count). The Bertz CT molecular complexity index is 5510.